The molecule has 0 saturated heterocycles. The highest BCUT2D eigenvalue weighted by atomic mass is 16.5. The highest BCUT2D eigenvalue weighted by molar-refractivity contribution is 6.41. The van der Waals surface area contributed by atoms with E-state index in [9.17, 15) is 0 Å². The van der Waals surface area contributed by atoms with E-state index in [-0.39, 0.29) is 11.5 Å². The summed E-state index contributed by atoms with van der Waals surface area (Å²) in [6, 6.07) is 6.47. The number of nitrogens with zero attached hydrogens (tertiary/aromatic N) is 2. The van der Waals surface area contributed by atoms with Gasteiger partial charge in [-0.1, -0.05) is 13.0 Å². The standard InChI is InChI=1S/C22H31N3O2/c1-5-14(2)27-18-7-6-16-13-21(10-8-17(26-4)9-11-21)22(19(16)12-18)24-15(3)20(23)25-22/h6-7,12,14,17H,5,8-11,13H2,1-4H3,(H2,23,25)/t14-,17-,21-,22?/m0/s1. The van der Waals surface area contributed by atoms with Gasteiger partial charge in [0.05, 0.1) is 17.9 Å². The summed E-state index contributed by atoms with van der Waals surface area (Å²) in [6.07, 6.45) is 6.70. The van der Waals surface area contributed by atoms with Gasteiger partial charge in [0.15, 0.2) is 5.66 Å². The van der Waals surface area contributed by atoms with Crippen molar-refractivity contribution in [1.29, 1.82) is 0 Å². The van der Waals surface area contributed by atoms with Crippen LogP contribution in [0.15, 0.2) is 28.2 Å². The van der Waals surface area contributed by atoms with Crippen LogP contribution in [0.4, 0.5) is 0 Å². The largest absolute Gasteiger partial charge is 0.491 e. The topological polar surface area (TPSA) is 69.2 Å². The number of methoxy groups -OCH3 is 1. The second kappa shape index (κ2) is 6.62. The Hall–Kier alpha value is -1.88. The maximum Gasteiger partial charge on any atom is 0.184 e. The van der Waals surface area contributed by atoms with Crippen molar-refractivity contribution in [3.8, 4) is 5.75 Å². The van der Waals surface area contributed by atoms with Crippen LogP contribution in [-0.4, -0.2) is 30.9 Å². The molecule has 2 N–H and O–H groups in total. The lowest BCUT2D eigenvalue weighted by atomic mass is 9.65. The predicted molar refractivity (Wildman–Crippen MR) is 109 cm³/mol. The van der Waals surface area contributed by atoms with Crippen molar-refractivity contribution in [2.24, 2.45) is 21.1 Å². The van der Waals surface area contributed by atoms with Gasteiger partial charge in [0.25, 0.3) is 0 Å². The number of benzene rings is 1. The van der Waals surface area contributed by atoms with E-state index in [1.807, 2.05) is 14.0 Å². The quantitative estimate of drug-likeness (QED) is 0.873. The van der Waals surface area contributed by atoms with Crippen LogP contribution in [0, 0.1) is 5.41 Å². The average Bonchev–Trinajstić information content (AvgIpc) is 3.11. The molecule has 1 aliphatic heterocycles. The first-order valence-electron chi connectivity index (χ1n) is 10.2. The molecule has 3 aliphatic rings. The van der Waals surface area contributed by atoms with Gasteiger partial charge in [-0.25, -0.2) is 4.99 Å². The van der Waals surface area contributed by atoms with Crippen molar-refractivity contribution in [2.75, 3.05) is 7.11 Å². The Kier molecular flexibility index (Phi) is 4.53. The second-order valence-corrected chi connectivity index (χ2v) is 8.41. The normalized spacial score (nSPS) is 33.1. The van der Waals surface area contributed by atoms with Gasteiger partial charge in [-0.15, -0.1) is 0 Å². The summed E-state index contributed by atoms with van der Waals surface area (Å²) in [5.74, 6) is 1.47. The fourth-order valence-corrected chi connectivity index (χ4v) is 5.04. The summed E-state index contributed by atoms with van der Waals surface area (Å²) in [5, 5.41) is 0. The maximum absolute atomic E-state index is 6.24. The van der Waals surface area contributed by atoms with Gasteiger partial charge in [-0.05, 0) is 70.1 Å². The molecule has 1 aromatic rings. The molecule has 2 atom stereocenters. The van der Waals surface area contributed by atoms with Crippen molar-refractivity contribution in [3.05, 3.63) is 29.3 Å². The van der Waals surface area contributed by atoms with Crippen LogP contribution in [0.2, 0.25) is 0 Å². The monoisotopic (exact) mass is 369 g/mol. The van der Waals surface area contributed by atoms with Crippen molar-refractivity contribution in [3.63, 3.8) is 0 Å². The number of ether oxygens (including phenoxy) is 2. The van der Waals surface area contributed by atoms with E-state index in [0.717, 1.165) is 50.0 Å². The molecule has 2 spiro atoms. The van der Waals surface area contributed by atoms with Crippen LogP contribution in [0.3, 0.4) is 0 Å². The van der Waals surface area contributed by atoms with Crippen molar-refractivity contribution in [2.45, 2.75) is 77.2 Å². The molecule has 1 unspecified atom stereocenters. The lowest BCUT2D eigenvalue weighted by Gasteiger charge is -2.44. The molecule has 146 valence electrons. The highest BCUT2D eigenvalue weighted by Gasteiger charge is 2.60. The SMILES string of the molecule is CC[C@H](C)Oc1ccc2c(c1)C1(N=C(C)C(N)=N1)[C@]1(CC[C@H](OC)CC1)C2. The Morgan fingerprint density at radius 3 is 2.59 bits per heavy atom. The molecule has 1 saturated carbocycles. The molecule has 1 fully saturated rings. The smallest absolute Gasteiger partial charge is 0.184 e. The van der Waals surface area contributed by atoms with E-state index in [1.165, 1.54) is 11.1 Å². The number of fused-ring (bicyclic) bond motifs is 3. The molecular weight excluding hydrogens is 338 g/mol. The zero-order valence-corrected chi connectivity index (χ0v) is 16.9. The van der Waals surface area contributed by atoms with Gasteiger partial charge < -0.3 is 15.2 Å². The minimum Gasteiger partial charge on any atom is -0.491 e. The number of hydrogen-bond acceptors (Lipinski definition) is 5. The van der Waals surface area contributed by atoms with Gasteiger partial charge in [0, 0.05) is 18.1 Å². The Labute approximate surface area is 162 Å². The van der Waals surface area contributed by atoms with Gasteiger partial charge in [-0.2, -0.15) is 0 Å². The van der Waals surface area contributed by atoms with E-state index in [4.69, 9.17) is 25.2 Å². The van der Waals surface area contributed by atoms with Crippen LogP contribution in [-0.2, 0) is 16.8 Å². The molecule has 4 rings (SSSR count). The Morgan fingerprint density at radius 2 is 2.00 bits per heavy atom. The van der Waals surface area contributed by atoms with Gasteiger partial charge in [-0.3, -0.25) is 4.99 Å². The van der Waals surface area contributed by atoms with Crippen molar-refractivity contribution >= 4 is 11.5 Å². The van der Waals surface area contributed by atoms with Gasteiger partial charge >= 0.3 is 0 Å². The zero-order chi connectivity index (χ0) is 19.2. The van der Waals surface area contributed by atoms with Gasteiger partial charge in [0.1, 0.15) is 11.6 Å². The third-order valence-corrected chi connectivity index (χ3v) is 6.84. The molecule has 0 aromatic heterocycles. The van der Waals surface area contributed by atoms with Crippen LogP contribution >= 0.6 is 0 Å². The molecular formula is C22H31N3O2. The van der Waals surface area contributed by atoms with E-state index < -0.39 is 5.66 Å². The summed E-state index contributed by atoms with van der Waals surface area (Å²) in [5.41, 5.74) is 8.99. The summed E-state index contributed by atoms with van der Waals surface area (Å²) < 4.78 is 11.7. The Morgan fingerprint density at radius 1 is 1.26 bits per heavy atom. The van der Waals surface area contributed by atoms with Crippen LogP contribution in [0.25, 0.3) is 0 Å². The highest BCUT2D eigenvalue weighted by Crippen LogP contribution is 2.62. The maximum atomic E-state index is 6.24. The molecule has 2 aliphatic carbocycles. The number of hydrogen-bond donors (Lipinski definition) is 1. The van der Waals surface area contributed by atoms with Crippen LogP contribution in [0.1, 0.15) is 64.0 Å². The minimum absolute atomic E-state index is 0.0122. The predicted octanol–water partition coefficient (Wildman–Crippen LogP) is 3.98. The van der Waals surface area contributed by atoms with Crippen LogP contribution < -0.4 is 10.5 Å². The molecule has 1 aromatic carbocycles. The molecule has 5 heteroatoms. The van der Waals surface area contributed by atoms with E-state index in [2.05, 4.69) is 32.0 Å². The van der Waals surface area contributed by atoms with Crippen molar-refractivity contribution in [1.82, 2.24) is 0 Å². The van der Waals surface area contributed by atoms with Crippen molar-refractivity contribution < 1.29 is 9.47 Å². The molecule has 27 heavy (non-hydrogen) atoms. The lowest BCUT2D eigenvalue weighted by molar-refractivity contribution is -0.000410. The van der Waals surface area contributed by atoms with E-state index in [1.54, 1.807) is 0 Å². The summed E-state index contributed by atoms with van der Waals surface area (Å²) in [4.78, 5) is 10.1. The number of rotatable bonds is 4. The third kappa shape index (κ3) is 2.78. The first-order valence-corrected chi connectivity index (χ1v) is 10.2. The fraction of sp³-hybridized carbons (Fsp3) is 0.636. The van der Waals surface area contributed by atoms with E-state index in [0.29, 0.717) is 11.9 Å². The zero-order valence-electron chi connectivity index (χ0n) is 16.9. The fourth-order valence-electron chi connectivity index (χ4n) is 5.04. The number of amidine groups is 1. The molecule has 0 amide bonds. The molecule has 5 nitrogen and oxygen atoms in total. The minimum atomic E-state index is -0.593. The summed E-state index contributed by atoms with van der Waals surface area (Å²) in [6.45, 7) is 6.21. The summed E-state index contributed by atoms with van der Waals surface area (Å²) in [7, 11) is 1.81. The Balaban J connectivity index is 1.78. The van der Waals surface area contributed by atoms with Crippen LogP contribution in [0.5, 0.6) is 5.75 Å². The lowest BCUT2D eigenvalue weighted by Crippen LogP contribution is -2.43. The number of aliphatic imine (C=N–C) groups is 2. The van der Waals surface area contributed by atoms with E-state index >= 15 is 0 Å². The first kappa shape index (κ1) is 18.5. The first-order chi connectivity index (χ1) is 12.9. The number of nitrogens with two attached hydrogens (primary N) is 1. The average molecular weight is 370 g/mol. The summed E-state index contributed by atoms with van der Waals surface area (Å²) >= 11 is 0. The Bertz CT molecular complexity index is 773. The molecule has 0 bridgehead atoms. The second-order valence-electron chi connectivity index (χ2n) is 8.41. The van der Waals surface area contributed by atoms with Gasteiger partial charge in [0.2, 0.25) is 0 Å². The third-order valence-electron chi connectivity index (χ3n) is 6.84. The molecule has 0 radical (unpaired) electrons. The molecule has 1 heterocycles.